The zero-order chi connectivity index (χ0) is 9.42. The lowest BCUT2D eigenvalue weighted by atomic mass is 10.1. The number of nitrogens with zero attached hydrogens (tertiary/aromatic N) is 1. The topological polar surface area (TPSA) is 3.24 Å². The van der Waals surface area contributed by atoms with Gasteiger partial charge in [0.15, 0.2) is 0 Å². The molecule has 0 aliphatic carbocycles. The molecule has 1 nitrogen and oxygen atoms in total. The molecule has 1 heterocycles. The average Bonchev–Trinajstić information content (AvgIpc) is 2.39. The molecule has 2 heteroatoms. The van der Waals surface area contributed by atoms with E-state index in [-0.39, 0.29) is 0 Å². The average molecular weight is 240 g/mol. The van der Waals surface area contributed by atoms with Gasteiger partial charge in [-0.3, -0.25) is 0 Å². The maximum Gasteiger partial charge on any atom is 0.0402 e. The van der Waals surface area contributed by atoms with Crippen LogP contribution in [0.3, 0.4) is 0 Å². The molecule has 0 amide bonds. The number of anilines is 1. The second-order valence-corrected chi connectivity index (χ2v) is 4.53. The Labute approximate surface area is 87.9 Å². The summed E-state index contributed by atoms with van der Waals surface area (Å²) < 4.78 is 1.19. The van der Waals surface area contributed by atoms with Gasteiger partial charge >= 0.3 is 0 Å². The van der Waals surface area contributed by atoms with Gasteiger partial charge in [-0.15, -0.1) is 0 Å². The molecule has 0 saturated heterocycles. The molecule has 0 aromatic heterocycles. The summed E-state index contributed by atoms with van der Waals surface area (Å²) in [6.07, 6.45) is 1.18. The Morgan fingerprint density at radius 1 is 1.54 bits per heavy atom. The normalized spacial score (nSPS) is 20.5. The van der Waals surface area contributed by atoms with Gasteiger partial charge in [0, 0.05) is 22.7 Å². The molecule has 0 fully saturated rings. The van der Waals surface area contributed by atoms with Crippen molar-refractivity contribution in [1.29, 1.82) is 0 Å². The van der Waals surface area contributed by atoms with Crippen LogP contribution in [0, 0.1) is 0 Å². The van der Waals surface area contributed by atoms with Gasteiger partial charge in [-0.1, -0.05) is 15.9 Å². The molecule has 0 saturated carbocycles. The first-order chi connectivity index (χ1) is 6.22. The zero-order valence-electron chi connectivity index (χ0n) is 8.05. The van der Waals surface area contributed by atoms with Gasteiger partial charge in [-0.2, -0.15) is 0 Å². The summed E-state index contributed by atoms with van der Waals surface area (Å²) in [7, 11) is 0. The number of fused-ring (bicyclic) bond motifs is 1. The summed E-state index contributed by atoms with van der Waals surface area (Å²) in [5, 5.41) is 0. The van der Waals surface area contributed by atoms with Crippen LogP contribution in [0.25, 0.3) is 0 Å². The lowest BCUT2D eigenvalue weighted by molar-refractivity contribution is 0.690. The van der Waals surface area contributed by atoms with Crippen LogP contribution in [0.4, 0.5) is 5.69 Å². The van der Waals surface area contributed by atoms with Crippen LogP contribution in [0.1, 0.15) is 19.4 Å². The third-order valence-electron chi connectivity index (χ3n) is 2.74. The Bertz CT molecular complexity index is 322. The van der Waals surface area contributed by atoms with Crippen molar-refractivity contribution in [3.63, 3.8) is 0 Å². The molecule has 0 N–H and O–H groups in total. The van der Waals surface area contributed by atoms with E-state index in [0.717, 1.165) is 6.54 Å². The fraction of sp³-hybridized carbons (Fsp3) is 0.455. The van der Waals surface area contributed by atoms with Crippen molar-refractivity contribution in [2.45, 2.75) is 26.3 Å². The van der Waals surface area contributed by atoms with Crippen LogP contribution in [-0.2, 0) is 6.42 Å². The molecule has 70 valence electrons. The molecule has 1 aliphatic heterocycles. The van der Waals surface area contributed by atoms with Gasteiger partial charge in [0.1, 0.15) is 0 Å². The Morgan fingerprint density at radius 2 is 2.31 bits per heavy atom. The third-order valence-corrected chi connectivity index (χ3v) is 3.23. The summed E-state index contributed by atoms with van der Waals surface area (Å²) in [5.41, 5.74) is 2.89. The maximum absolute atomic E-state index is 3.51. The highest BCUT2D eigenvalue weighted by Crippen LogP contribution is 2.33. The third kappa shape index (κ3) is 1.48. The molecule has 0 radical (unpaired) electrons. The van der Waals surface area contributed by atoms with Crippen molar-refractivity contribution < 1.29 is 0 Å². The number of hydrogen-bond donors (Lipinski definition) is 0. The van der Waals surface area contributed by atoms with E-state index in [1.807, 2.05) is 0 Å². The summed E-state index contributed by atoms with van der Waals surface area (Å²) in [6, 6.07) is 7.24. The van der Waals surface area contributed by atoms with E-state index >= 15 is 0 Å². The van der Waals surface area contributed by atoms with E-state index in [9.17, 15) is 0 Å². The molecular weight excluding hydrogens is 226 g/mol. The predicted octanol–water partition coefficient (Wildman–Crippen LogP) is 3.22. The fourth-order valence-electron chi connectivity index (χ4n) is 2.15. The highest BCUT2D eigenvalue weighted by atomic mass is 79.9. The van der Waals surface area contributed by atoms with E-state index in [2.05, 4.69) is 52.9 Å². The monoisotopic (exact) mass is 239 g/mol. The number of likely N-dealkylation sites (N-methyl/N-ethyl adjacent to an activating group) is 1. The highest BCUT2D eigenvalue weighted by molar-refractivity contribution is 9.10. The van der Waals surface area contributed by atoms with Crippen LogP contribution < -0.4 is 4.90 Å². The van der Waals surface area contributed by atoms with Gasteiger partial charge in [0.05, 0.1) is 0 Å². The van der Waals surface area contributed by atoms with Gasteiger partial charge in [-0.25, -0.2) is 0 Å². The molecule has 0 spiro atoms. The lowest BCUT2D eigenvalue weighted by Crippen LogP contribution is -2.28. The Kier molecular flexibility index (Phi) is 2.33. The van der Waals surface area contributed by atoms with Crippen molar-refractivity contribution >= 4 is 21.6 Å². The minimum absolute atomic E-state index is 0.661. The molecule has 2 rings (SSSR count). The molecule has 0 bridgehead atoms. The number of halogens is 1. The quantitative estimate of drug-likeness (QED) is 0.728. The number of hydrogen-bond acceptors (Lipinski definition) is 1. The molecule has 1 unspecified atom stereocenters. The number of benzene rings is 1. The molecular formula is C11H14BrN. The zero-order valence-corrected chi connectivity index (χ0v) is 9.63. The van der Waals surface area contributed by atoms with Crippen molar-refractivity contribution in [1.82, 2.24) is 0 Å². The molecule has 1 aromatic rings. The Balaban J connectivity index is 2.42. The molecule has 1 aliphatic rings. The standard InChI is InChI=1S/C11H14BrN/c1-3-13-8(2)6-9-7-10(12)4-5-11(9)13/h4-5,7-8H,3,6H2,1-2H3. The maximum atomic E-state index is 3.51. The van der Waals surface area contributed by atoms with Crippen molar-refractivity contribution in [3.05, 3.63) is 28.2 Å². The molecule has 1 aromatic carbocycles. The first-order valence-corrected chi connectivity index (χ1v) is 5.56. The van der Waals surface area contributed by atoms with Crippen LogP contribution in [-0.4, -0.2) is 12.6 Å². The largest absolute Gasteiger partial charge is 0.369 e. The van der Waals surface area contributed by atoms with E-state index < -0.39 is 0 Å². The summed E-state index contributed by atoms with van der Waals surface area (Å²) in [4.78, 5) is 2.46. The van der Waals surface area contributed by atoms with Gasteiger partial charge in [-0.05, 0) is 44.0 Å². The van der Waals surface area contributed by atoms with Gasteiger partial charge in [0.2, 0.25) is 0 Å². The Morgan fingerprint density at radius 3 is 3.00 bits per heavy atom. The summed E-state index contributed by atoms with van der Waals surface area (Å²) >= 11 is 3.51. The lowest BCUT2D eigenvalue weighted by Gasteiger charge is -2.22. The van der Waals surface area contributed by atoms with Crippen molar-refractivity contribution in [2.75, 3.05) is 11.4 Å². The minimum Gasteiger partial charge on any atom is -0.369 e. The van der Waals surface area contributed by atoms with Gasteiger partial charge < -0.3 is 4.90 Å². The van der Waals surface area contributed by atoms with Crippen molar-refractivity contribution in [2.24, 2.45) is 0 Å². The smallest absolute Gasteiger partial charge is 0.0402 e. The minimum atomic E-state index is 0.661. The SMILES string of the molecule is CCN1c2ccc(Br)cc2CC1C. The number of rotatable bonds is 1. The second-order valence-electron chi connectivity index (χ2n) is 3.61. The predicted molar refractivity (Wildman–Crippen MR) is 60.3 cm³/mol. The van der Waals surface area contributed by atoms with E-state index in [0.29, 0.717) is 6.04 Å². The van der Waals surface area contributed by atoms with E-state index in [1.165, 1.54) is 22.1 Å². The second kappa shape index (κ2) is 3.33. The van der Waals surface area contributed by atoms with E-state index in [4.69, 9.17) is 0 Å². The van der Waals surface area contributed by atoms with E-state index in [1.54, 1.807) is 0 Å². The first-order valence-electron chi connectivity index (χ1n) is 4.77. The first kappa shape index (κ1) is 9.07. The summed E-state index contributed by atoms with van der Waals surface area (Å²) in [6.45, 7) is 5.61. The van der Waals surface area contributed by atoms with Crippen molar-refractivity contribution in [3.8, 4) is 0 Å². The van der Waals surface area contributed by atoms with Gasteiger partial charge in [0.25, 0.3) is 0 Å². The Hall–Kier alpha value is -0.500. The van der Waals surface area contributed by atoms with Crippen LogP contribution in [0.5, 0.6) is 0 Å². The fourth-order valence-corrected chi connectivity index (χ4v) is 2.55. The van der Waals surface area contributed by atoms with Crippen LogP contribution in [0.2, 0.25) is 0 Å². The highest BCUT2D eigenvalue weighted by Gasteiger charge is 2.24. The van der Waals surface area contributed by atoms with Crippen LogP contribution in [0.15, 0.2) is 22.7 Å². The van der Waals surface area contributed by atoms with Crippen LogP contribution >= 0.6 is 15.9 Å². The summed E-state index contributed by atoms with van der Waals surface area (Å²) in [5.74, 6) is 0. The molecule has 1 atom stereocenters. The molecule has 13 heavy (non-hydrogen) atoms.